The quantitative estimate of drug-likeness (QED) is 0.0715. The largest absolute Gasteiger partial charge is 0.404 e. The van der Waals surface area contributed by atoms with Crippen molar-refractivity contribution in [3.8, 4) is 0 Å². The smallest absolute Gasteiger partial charge is 0.261 e. The van der Waals surface area contributed by atoms with Gasteiger partial charge in [-0.25, -0.2) is 0 Å². The Kier molecular flexibility index (Phi) is 16.0. The molecule has 0 saturated heterocycles. The standard InChI is InChI=1S/C36H54O2Si/c1-5-33(27-21-17-15-13-11-9-7-6-8-10-12-14-16-18-26-32-37)38-39(36(2,3)4,34-28-22-19-23-29-34)35-30-24-20-25-31-35/h12,14-15,17,19-20,22-25,28-33H,5-11,13,16,18,21,26-27H2,1-4H3/b14-12-,17-15-. The molecule has 0 heterocycles. The van der Waals surface area contributed by atoms with Crippen LogP contribution >= 0.6 is 0 Å². The Balaban J connectivity index is 1.80. The number of hydrogen-bond acceptors (Lipinski definition) is 2. The molecule has 0 aliphatic rings. The summed E-state index contributed by atoms with van der Waals surface area (Å²) in [4.78, 5) is 10.3. The van der Waals surface area contributed by atoms with Crippen molar-refractivity contribution in [1.29, 1.82) is 0 Å². The molecule has 0 bridgehead atoms. The van der Waals surface area contributed by atoms with Crippen LogP contribution in [0, 0.1) is 0 Å². The lowest BCUT2D eigenvalue weighted by atomic mass is 10.1. The number of aldehydes is 1. The van der Waals surface area contributed by atoms with Crippen molar-refractivity contribution in [2.45, 2.75) is 122 Å². The van der Waals surface area contributed by atoms with Crippen LogP contribution in [0.15, 0.2) is 85.0 Å². The number of carbonyl (C=O) groups is 1. The number of unbranched alkanes of at least 4 members (excludes halogenated alkanes) is 8. The third-order valence-electron chi connectivity index (χ3n) is 7.64. The van der Waals surface area contributed by atoms with E-state index < -0.39 is 8.32 Å². The summed E-state index contributed by atoms with van der Waals surface area (Å²) in [5.74, 6) is 0. The van der Waals surface area contributed by atoms with Gasteiger partial charge in [0.25, 0.3) is 8.32 Å². The molecule has 1 atom stereocenters. The molecular weight excluding hydrogens is 492 g/mol. The molecule has 2 aromatic rings. The summed E-state index contributed by atoms with van der Waals surface area (Å²) in [7, 11) is -2.48. The van der Waals surface area contributed by atoms with Crippen molar-refractivity contribution in [3.05, 3.63) is 85.0 Å². The highest BCUT2D eigenvalue weighted by Crippen LogP contribution is 2.38. The average molecular weight is 547 g/mol. The number of carbonyl (C=O) groups excluding carboxylic acids is 1. The van der Waals surface area contributed by atoms with Crippen molar-refractivity contribution in [2.24, 2.45) is 0 Å². The second kappa shape index (κ2) is 18.9. The Morgan fingerprint density at radius 1 is 0.667 bits per heavy atom. The molecule has 0 saturated carbocycles. The van der Waals surface area contributed by atoms with Gasteiger partial charge in [0.2, 0.25) is 0 Å². The lowest BCUT2D eigenvalue weighted by molar-refractivity contribution is -0.107. The molecule has 2 nitrogen and oxygen atoms in total. The van der Waals surface area contributed by atoms with Crippen LogP contribution in [0.4, 0.5) is 0 Å². The summed E-state index contributed by atoms with van der Waals surface area (Å²) in [6, 6.07) is 22.0. The van der Waals surface area contributed by atoms with E-state index in [0.29, 0.717) is 6.42 Å². The third-order valence-corrected chi connectivity index (χ3v) is 12.7. The molecule has 3 heteroatoms. The summed E-state index contributed by atoms with van der Waals surface area (Å²) >= 11 is 0. The van der Waals surface area contributed by atoms with Gasteiger partial charge in [0.15, 0.2) is 0 Å². The molecule has 0 N–H and O–H groups in total. The molecule has 1 unspecified atom stereocenters. The molecule has 0 aliphatic heterocycles. The first kappa shape index (κ1) is 33.0. The number of hydrogen-bond donors (Lipinski definition) is 0. The lowest BCUT2D eigenvalue weighted by Gasteiger charge is -2.45. The van der Waals surface area contributed by atoms with Gasteiger partial charge in [0.1, 0.15) is 6.29 Å². The van der Waals surface area contributed by atoms with Crippen LogP contribution in [0.25, 0.3) is 0 Å². The zero-order valence-electron chi connectivity index (χ0n) is 25.2. The van der Waals surface area contributed by atoms with Gasteiger partial charge in [-0.15, -0.1) is 0 Å². The SMILES string of the molecule is CCC(CC/C=C\CCCCCCC/C=C\CCCC=O)O[Si](c1ccccc1)(c1ccccc1)C(C)(C)C. The summed E-state index contributed by atoms with van der Waals surface area (Å²) in [6.45, 7) is 9.36. The molecule has 0 spiro atoms. The monoisotopic (exact) mass is 546 g/mol. The van der Waals surface area contributed by atoms with Gasteiger partial charge in [-0.3, -0.25) is 0 Å². The van der Waals surface area contributed by atoms with E-state index in [1.165, 1.54) is 55.3 Å². The highest BCUT2D eigenvalue weighted by atomic mass is 28.4. The number of allylic oxidation sites excluding steroid dienone is 4. The van der Waals surface area contributed by atoms with E-state index in [4.69, 9.17) is 4.43 Å². The van der Waals surface area contributed by atoms with Crippen molar-refractivity contribution in [2.75, 3.05) is 0 Å². The highest BCUT2D eigenvalue weighted by molar-refractivity contribution is 6.99. The number of rotatable bonds is 20. The van der Waals surface area contributed by atoms with E-state index in [0.717, 1.165) is 38.4 Å². The second-order valence-corrected chi connectivity index (χ2v) is 16.0. The third kappa shape index (κ3) is 11.4. The Hall–Kier alpha value is -2.23. The Morgan fingerprint density at radius 2 is 1.13 bits per heavy atom. The predicted octanol–water partition coefficient (Wildman–Crippen LogP) is 9.33. The topological polar surface area (TPSA) is 26.3 Å². The molecule has 214 valence electrons. The molecule has 0 fully saturated rings. The van der Waals surface area contributed by atoms with Crippen LogP contribution in [-0.2, 0) is 9.22 Å². The molecule has 39 heavy (non-hydrogen) atoms. The van der Waals surface area contributed by atoms with Gasteiger partial charge in [0.05, 0.1) is 0 Å². The van der Waals surface area contributed by atoms with Crippen LogP contribution in [0.1, 0.15) is 111 Å². The van der Waals surface area contributed by atoms with Gasteiger partial charge >= 0.3 is 0 Å². The molecule has 0 radical (unpaired) electrons. The van der Waals surface area contributed by atoms with Crippen LogP contribution in [-0.4, -0.2) is 20.7 Å². The molecule has 0 amide bonds. The fraction of sp³-hybridized carbons (Fsp3) is 0.528. The fourth-order valence-electron chi connectivity index (χ4n) is 5.41. The Labute approximate surface area is 241 Å². The van der Waals surface area contributed by atoms with E-state index >= 15 is 0 Å². The van der Waals surface area contributed by atoms with Crippen molar-refractivity contribution < 1.29 is 9.22 Å². The van der Waals surface area contributed by atoms with Crippen LogP contribution in [0.5, 0.6) is 0 Å². The van der Waals surface area contributed by atoms with Crippen LogP contribution in [0.2, 0.25) is 5.04 Å². The predicted molar refractivity (Wildman–Crippen MR) is 173 cm³/mol. The van der Waals surface area contributed by atoms with E-state index in [2.05, 4.69) is 113 Å². The minimum Gasteiger partial charge on any atom is -0.404 e. The summed E-state index contributed by atoms with van der Waals surface area (Å²) in [6.07, 6.45) is 25.3. The maximum Gasteiger partial charge on any atom is 0.261 e. The lowest BCUT2D eigenvalue weighted by Crippen LogP contribution is -2.67. The van der Waals surface area contributed by atoms with Gasteiger partial charge in [-0.05, 0) is 73.2 Å². The van der Waals surface area contributed by atoms with Gasteiger partial charge in [-0.1, -0.05) is 132 Å². The summed E-state index contributed by atoms with van der Waals surface area (Å²) in [5.41, 5.74) is 0. The van der Waals surface area contributed by atoms with Crippen molar-refractivity contribution in [3.63, 3.8) is 0 Å². The number of benzene rings is 2. The van der Waals surface area contributed by atoms with Crippen LogP contribution < -0.4 is 10.4 Å². The normalized spacial score (nSPS) is 13.3. The minimum atomic E-state index is -2.48. The van der Waals surface area contributed by atoms with Crippen molar-refractivity contribution >= 4 is 25.0 Å². The molecular formula is C36H54O2Si. The summed E-state index contributed by atoms with van der Waals surface area (Å²) in [5, 5.41) is 2.75. The zero-order chi connectivity index (χ0) is 28.2. The first-order chi connectivity index (χ1) is 19.0. The van der Waals surface area contributed by atoms with E-state index in [1.54, 1.807) is 0 Å². The van der Waals surface area contributed by atoms with Gasteiger partial charge in [0, 0.05) is 12.5 Å². The summed E-state index contributed by atoms with van der Waals surface area (Å²) < 4.78 is 7.33. The van der Waals surface area contributed by atoms with Gasteiger partial charge < -0.3 is 9.22 Å². The second-order valence-electron chi connectivity index (χ2n) is 11.8. The Bertz CT molecular complexity index is 904. The van der Waals surface area contributed by atoms with E-state index in [9.17, 15) is 4.79 Å². The zero-order valence-corrected chi connectivity index (χ0v) is 26.2. The first-order valence-corrected chi connectivity index (χ1v) is 17.4. The van der Waals surface area contributed by atoms with Crippen LogP contribution in [0.3, 0.4) is 0 Å². The maximum absolute atomic E-state index is 10.3. The van der Waals surface area contributed by atoms with E-state index in [1.807, 2.05) is 0 Å². The molecule has 2 rings (SSSR count). The highest BCUT2D eigenvalue weighted by Gasteiger charge is 2.51. The minimum absolute atomic E-state index is 0.0202. The first-order valence-electron chi connectivity index (χ1n) is 15.5. The maximum atomic E-state index is 10.3. The molecule has 0 aromatic heterocycles. The fourth-order valence-corrected chi connectivity index (χ4v) is 10.2. The van der Waals surface area contributed by atoms with Crippen molar-refractivity contribution in [1.82, 2.24) is 0 Å². The molecule has 2 aromatic carbocycles. The van der Waals surface area contributed by atoms with Gasteiger partial charge in [-0.2, -0.15) is 0 Å². The Morgan fingerprint density at radius 3 is 1.59 bits per heavy atom. The average Bonchev–Trinajstić information content (AvgIpc) is 2.94. The van der Waals surface area contributed by atoms with E-state index in [-0.39, 0.29) is 11.1 Å². The molecule has 0 aliphatic carbocycles.